The Bertz CT molecular complexity index is 450. The maximum atomic E-state index is 12.6. The number of hydrogen-bond acceptors (Lipinski definition) is 3. The number of amides is 4. The smallest absolute Gasteiger partial charge is 0.324 e. The lowest BCUT2D eigenvalue weighted by Crippen LogP contribution is -2.56. The van der Waals surface area contributed by atoms with E-state index in [0.29, 0.717) is 25.9 Å². The second-order valence-electron chi connectivity index (χ2n) is 6.48. The van der Waals surface area contributed by atoms with Crippen LogP contribution in [-0.2, 0) is 9.59 Å². The molecule has 0 bridgehead atoms. The van der Waals surface area contributed by atoms with Crippen molar-refractivity contribution >= 4 is 17.8 Å². The van der Waals surface area contributed by atoms with Gasteiger partial charge in [0.2, 0.25) is 5.91 Å². The fourth-order valence-electron chi connectivity index (χ4n) is 3.55. The molecule has 0 aromatic heterocycles. The minimum Gasteiger partial charge on any atom is -0.342 e. The number of hydrogen-bond donors (Lipinski definition) is 1. The second kappa shape index (κ2) is 6.67. The van der Waals surface area contributed by atoms with Crippen molar-refractivity contribution < 1.29 is 14.4 Å². The molecule has 0 aromatic rings. The topological polar surface area (TPSA) is 69.7 Å². The van der Waals surface area contributed by atoms with Gasteiger partial charge in [-0.05, 0) is 25.7 Å². The van der Waals surface area contributed by atoms with Crippen molar-refractivity contribution in [3.63, 3.8) is 0 Å². The quantitative estimate of drug-likeness (QED) is 0.787. The van der Waals surface area contributed by atoms with Crippen LogP contribution < -0.4 is 5.32 Å². The maximum Gasteiger partial charge on any atom is 0.324 e. The third-order valence-electron chi connectivity index (χ3n) is 4.92. The van der Waals surface area contributed by atoms with Crippen molar-refractivity contribution in [1.82, 2.24) is 15.1 Å². The summed E-state index contributed by atoms with van der Waals surface area (Å²) in [4.78, 5) is 39.6. The van der Waals surface area contributed by atoms with Gasteiger partial charge >= 0.3 is 6.03 Å². The molecule has 0 radical (unpaired) electrons. The number of carbonyl (C=O) groups is 3. The zero-order valence-electron chi connectivity index (χ0n) is 13.9. The fraction of sp³-hybridized carbons (Fsp3) is 0.812. The van der Waals surface area contributed by atoms with Gasteiger partial charge in [0.25, 0.3) is 5.91 Å². The van der Waals surface area contributed by atoms with Gasteiger partial charge in [0.05, 0.1) is 0 Å². The highest BCUT2D eigenvalue weighted by atomic mass is 16.2. The highest BCUT2D eigenvalue weighted by Crippen LogP contribution is 2.30. The Hall–Kier alpha value is -1.59. The molecule has 0 unspecified atom stereocenters. The van der Waals surface area contributed by atoms with Gasteiger partial charge in [-0.25, -0.2) is 4.79 Å². The Labute approximate surface area is 132 Å². The summed E-state index contributed by atoms with van der Waals surface area (Å²) >= 11 is 0. The maximum absolute atomic E-state index is 12.6. The van der Waals surface area contributed by atoms with E-state index in [1.54, 1.807) is 0 Å². The van der Waals surface area contributed by atoms with Crippen LogP contribution in [0, 0.1) is 5.92 Å². The van der Waals surface area contributed by atoms with Crippen LogP contribution in [-0.4, -0.2) is 53.3 Å². The van der Waals surface area contributed by atoms with Crippen LogP contribution >= 0.6 is 0 Å². The molecule has 2 aliphatic rings. The largest absolute Gasteiger partial charge is 0.342 e. The predicted octanol–water partition coefficient (Wildman–Crippen LogP) is 1.75. The van der Waals surface area contributed by atoms with Gasteiger partial charge in [0.15, 0.2) is 0 Å². The summed E-state index contributed by atoms with van der Waals surface area (Å²) in [5.74, 6) is 0.146. The predicted molar refractivity (Wildman–Crippen MR) is 83.2 cm³/mol. The number of imide groups is 1. The Kier molecular flexibility index (Phi) is 5.08. The van der Waals surface area contributed by atoms with Crippen molar-refractivity contribution in [1.29, 1.82) is 0 Å². The molecule has 6 heteroatoms. The lowest BCUT2D eigenvalue weighted by atomic mass is 9.86. The monoisotopic (exact) mass is 309 g/mol. The second-order valence-corrected chi connectivity index (χ2v) is 6.48. The Morgan fingerprint density at radius 3 is 2.14 bits per heavy atom. The first-order valence-corrected chi connectivity index (χ1v) is 8.34. The third-order valence-corrected chi connectivity index (χ3v) is 4.92. The number of likely N-dealkylation sites (N-methyl/N-ethyl adjacent to an activating group) is 1. The number of nitrogens with zero attached hydrogens (tertiary/aromatic N) is 2. The van der Waals surface area contributed by atoms with Gasteiger partial charge in [-0.2, -0.15) is 0 Å². The first kappa shape index (κ1) is 16.8. The average molecular weight is 309 g/mol. The third kappa shape index (κ3) is 2.96. The van der Waals surface area contributed by atoms with Crippen LogP contribution in [0.15, 0.2) is 0 Å². The Morgan fingerprint density at radius 2 is 1.73 bits per heavy atom. The van der Waals surface area contributed by atoms with Crippen LogP contribution in [0.3, 0.4) is 0 Å². The summed E-state index contributed by atoms with van der Waals surface area (Å²) in [6.07, 6.45) is 4.89. The molecule has 1 spiro atoms. The summed E-state index contributed by atoms with van der Waals surface area (Å²) in [5, 5.41) is 2.81. The van der Waals surface area contributed by atoms with Gasteiger partial charge < -0.3 is 10.2 Å². The molecular weight excluding hydrogens is 282 g/mol. The standard InChI is InChI=1S/C16H27N3O3/c1-4-6-12(7-5-2)13(20)19-10-8-16(9-11-19)14(21)18(3)15(22)17-16/h12H,4-11H2,1-3H3,(H,17,22). The lowest BCUT2D eigenvalue weighted by Gasteiger charge is -2.38. The average Bonchev–Trinajstić information content (AvgIpc) is 2.72. The van der Waals surface area contributed by atoms with Crippen molar-refractivity contribution in [2.24, 2.45) is 5.92 Å². The molecule has 0 atom stereocenters. The van der Waals surface area contributed by atoms with Crippen molar-refractivity contribution in [3.8, 4) is 0 Å². The molecule has 1 N–H and O–H groups in total. The normalized spacial score (nSPS) is 20.9. The zero-order chi connectivity index (χ0) is 16.3. The van der Waals surface area contributed by atoms with Crippen LogP contribution in [0.2, 0.25) is 0 Å². The number of likely N-dealkylation sites (tertiary alicyclic amines) is 1. The van der Waals surface area contributed by atoms with E-state index in [4.69, 9.17) is 0 Å². The number of piperidine rings is 1. The summed E-state index contributed by atoms with van der Waals surface area (Å²) in [5.41, 5.74) is -0.784. The van der Waals surface area contributed by atoms with E-state index >= 15 is 0 Å². The summed E-state index contributed by atoms with van der Waals surface area (Å²) in [7, 11) is 1.50. The minimum atomic E-state index is -0.784. The molecule has 2 rings (SSSR count). The van der Waals surface area contributed by atoms with Crippen molar-refractivity contribution in [2.75, 3.05) is 20.1 Å². The molecule has 4 amide bonds. The minimum absolute atomic E-state index is 0.0978. The van der Waals surface area contributed by atoms with Crippen LogP contribution in [0.4, 0.5) is 4.79 Å². The molecule has 0 aromatic carbocycles. The zero-order valence-corrected chi connectivity index (χ0v) is 13.9. The first-order valence-electron chi connectivity index (χ1n) is 8.34. The Balaban J connectivity index is 1.98. The fourth-order valence-corrected chi connectivity index (χ4v) is 3.55. The molecule has 0 saturated carbocycles. The molecule has 2 fully saturated rings. The first-order chi connectivity index (χ1) is 10.4. The van der Waals surface area contributed by atoms with Crippen LogP contribution in [0.25, 0.3) is 0 Å². The molecule has 22 heavy (non-hydrogen) atoms. The summed E-state index contributed by atoms with van der Waals surface area (Å²) in [6.45, 7) is 5.29. The van der Waals surface area contributed by atoms with Crippen LogP contribution in [0.5, 0.6) is 0 Å². The highest BCUT2D eigenvalue weighted by Gasteiger charge is 2.51. The van der Waals surface area contributed by atoms with E-state index < -0.39 is 5.54 Å². The van der Waals surface area contributed by atoms with Gasteiger partial charge in [-0.1, -0.05) is 26.7 Å². The van der Waals surface area contributed by atoms with Crippen LogP contribution in [0.1, 0.15) is 52.4 Å². The Morgan fingerprint density at radius 1 is 1.18 bits per heavy atom. The molecular formula is C16H27N3O3. The number of urea groups is 1. The highest BCUT2D eigenvalue weighted by molar-refractivity contribution is 6.06. The molecule has 2 saturated heterocycles. The van der Waals surface area contributed by atoms with E-state index in [1.165, 1.54) is 7.05 Å². The van der Waals surface area contributed by atoms with E-state index in [1.807, 2.05) is 4.90 Å². The molecule has 2 aliphatic heterocycles. The number of carbonyl (C=O) groups excluding carboxylic acids is 3. The van der Waals surface area contributed by atoms with E-state index in [0.717, 1.165) is 30.6 Å². The summed E-state index contributed by atoms with van der Waals surface area (Å²) in [6, 6.07) is -0.334. The molecule has 2 heterocycles. The van der Waals surface area contributed by atoms with Gasteiger partial charge in [0.1, 0.15) is 5.54 Å². The molecule has 124 valence electrons. The lowest BCUT2D eigenvalue weighted by molar-refractivity contribution is -0.141. The molecule has 0 aliphatic carbocycles. The van der Waals surface area contributed by atoms with E-state index in [2.05, 4.69) is 19.2 Å². The van der Waals surface area contributed by atoms with Gasteiger partial charge in [-0.15, -0.1) is 0 Å². The number of nitrogens with one attached hydrogen (secondary N) is 1. The number of rotatable bonds is 5. The van der Waals surface area contributed by atoms with Crippen molar-refractivity contribution in [2.45, 2.75) is 57.9 Å². The van der Waals surface area contributed by atoms with E-state index in [9.17, 15) is 14.4 Å². The van der Waals surface area contributed by atoms with Gasteiger partial charge in [-0.3, -0.25) is 14.5 Å². The SMILES string of the molecule is CCCC(CCC)C(=O)N1CCC2(CC1)NC(=O)N(C)C2=O. The molecule has 6 nitrogen and oxygen atoms in total. The van der Waals surface area contributed by atoms with Gasteiger partial charge in [0, 0.05) is 26.1 Å². The van der Waals surface area contributed by atoms with E-state index in [-0.39, 0.29) is 23.8 Å². The summed E-state index contributed by atoms with van der Waals surface area (Å²) < 4.78 is 0. The van der Waals surface area contributed by atoms with Crippen molar-refractivity contribution in [3.05, 3.63) is 0 Å².